The summed E-state index contributed by atoms with van der Waals surface area (Å²) in [7, 11) is 0. The Morgan fingerprint density at radius 2 is 1.81 bits per heavy atom. The molecule has 2 saturated heterocycles. The molecule has 0 unspecified atom stereocenters. The second kappa shape index (κ2) is 7.82. The Morgan fingerprint density at radius 3 is 2.56 bits per heavy atom. The van der Waals surface area contributed by atoms with Crippen molar-refractivity contribution in [2.75, 3.05) is 36.4 Å². The molecule has 2 aromatic rings. The molecule has 2 fully saturated rings. The number of benzene rings is 1. The number of nitrogens with one attached hydrogen (secondary N) is 1. The summed E-state index contributed by atoms with van der Waals surface area (Å²) < 4.78 is 0. The number of hydrogen-bond donors (Lipinski definition) is 2. The van der Waals surface area contributed by atoms with Crippen LogP contribution in [0.3, 0.4) is 0 Å². The predicted octanol–water partition coefficient (Wildman–Crippen LogP) is 2.50. The summed E-state index contributed by atoms with van der Waals surface area (Å²) in [4.78, 5) is 25.7. The number of carbonyl (C=O) groups excluding carboxylic acids is 1. The lowest BCUT2D eigenvalue weighted by molar-refractivity contribution is 0.0715. The molecule has 1 amide bonds. The molecule has 0 atom stereocenters. The summed E-state index contributed by atoms with van der Waals surface area (Å²) in [5.74, 6) is 1.57. The maximum atomic E-state index is 12.6. The number of hydrogen-bond acceptors (Lipinski definition) is 6. The molecule has 1 aromatic carbocycles. The van der Waals surface area contributed by atoms with Crippen LogP contribution in [0, 0.1) is 0 Å². The predicted molar refractivity (Wildman–Crippen MR) is 104 cm³/mol. The first-order valence-corrected chi connectivity index (χ1v) is 9.62. The maximum Gasteiger partial charge on any atom is 0.257 e. The molecule has 0 saturated carbocycles. The van der Waals surface area contributed by atoms with Gasteiger partial charge >= 0.3 is 0 Å². The lowest BCUT2D eigenvalue weighted by Gasteiger charge is -2.33. The van der Waals surface area contributed by atoms with Gasteiger partial charge in [-0.1, -0.05) is 12.1 Å². The van der Waals surface area contributed by atoms with E-state index in [9.17, 15) is 9.90 Å². The molecule has 27 heavy (non-hydrogen) atoms. The van der Waals surface area contributed by atoms with E-state index >= 15 is 0 Å². The van der Waals surface area contributed by atoms with Crippen LogP contribution in [0.5, 0.6) is 5.75 Å². The summed E-state index contributed by atoms with van der Waals surface area (Å²) in [6.07, 6.45) is 5.90. The van der Waals surface area contributed by atoms with Crippen molar-refractivity contribution in [3.63, 3.8) is 0 Å². The van der Waals surface area contributed by atoms with Crippen LogP contribution >= 0.6 is 0 Å². The second-order valence-electron chi connectivity index (χ2n) is 7.16. The lowest BCUT2D eigenvalue weighted by Crippen LogP contribution is -2.42. The average molecular weight is 367 g/mol. The van der Waals surface area contributed by atoms with Crippen molar-refractivity contribution in [1.82, 2.24) is 14.9 Å². The number of anilines is 2. The van der Waals surface area contributed by atoms with Crippen LogP contribution in [0.15, 0.2) is 36.5 Å². The Kier molecular flexibility index (Phi) is 5.09. The standard InChI is InChI=1S/C20H25N5O2/c26-17-6-2-1-5-16(17)19(27)24-13-8-15(9-14-24)22-18-7-10-21-20(23-18)25-11-3-4-12-25/h1-2,5-7,10,15,26H,3-4,8-9,11-14H2,(H,21,22,23). The van der Waals surface area contributed by atoms with E-state index in [4.69, 9.17) is 0 Å². The second-order valence-corrected chi connectivity index (χ2v) is 7.16. The minimum absolute atomic E-state index is 0.0400. The van der Waals surface area contributed by atoms with E-state index in [0.29, 0.717) is 18.7 Å². The van der Waals surface area contributed by atoms with Gasteiger partial charge in [-0.25, -0.2) is 4.98 Å². The van der Waals surface area contributed by atoms with Gasteiger partial charge in [-0.05, 0) is 43.9 Å². The zero-order valence-electron chi connectivity index (χ0n) is 15.3. The third kappa shape index (κ3) is 3.97. The normalized spacial score (nSPS) is 17.9. The summed E-state index contributed by atoms with van der Waals surface area (Å²) in [5, 5.41) is 13.4. The Morgan fingerprint density at radius 1 is 1.07 bits per heavy atom. The summed E-state index contributed by atoms with van der Waals surface area (Å²) >= 11 is 0. The molecule has 142 valence electrons. The molecule has 2 N–H and O–H groups in total. The molecule has 7 heteroatoms. The monoisotopic (exact) mass is 367 g/mol. The lowest BCUT2D eigenvalue weighted by atomic mass is 10.0. The maximum absolute atomic E-state index is 12.6. The van der Waals surface area contributed by atoms with E-state index in [1.54, 1.807) is 30.5 Å². The van der Waals surface area contributed by atoms with Gasteiger partial charge in [-0.3, -0.25) is 4.79 Å². The number of phenols is 1. The molecule has 1 aromatic heterocycles. The molecule has 0 spiro atoms. The minimum Gasteiger partial charge on any atom is -0.507 e. The van der Waals surface area contributed by atoms with Crippen LogP contribution in [0.25, 0.3) is 0 Å². The molecule has 0 aliphatic carbocycles. The molecule has 0 radical (unpaired) electrons. The number of nitrogens with zero attached hydrogens (tertiary/aromatic N) is 4. The highest BCUT2D eigenvalue weighted by Crippen LogP contribution is 2.22. The average Bonchev–Trinajstić information content (AvgIpc) is 3.24. The van der Waals surface area contributed by atoms with Crippen LogP contribution in [-0.4, -0.2) is 58.1 Å². The fourth-order valence-corrected chi connectivity index (χ4v) is 3.76. The van der Waals surface area contributed by atoms with Gasteiger partial charge < -0.3 is 20.2 Å². The van der Waals surface area contributed by atoms with Crippen molar-refractivity contribution in [2.24, 2.45) is 0 Å². The van der Waals surface area contributed by atoms with Gasteiger partial charge in [0, 0.05) is 38.4 Å². The van der Waals surface area contributed by atoms with E-state index in [-0.39, 0.29) is 17.7 Å². The van der Waals surface area contributed by atoms with Crippen LogP contribution in [-0.2, 0) is 0 Å². The van der Waals surface area contributed by atoms with E-state index in [0.717, 1.165) is 37.7 Å². The van der Waals surface area contributed by atoms with Crippen molar-refractivity contribution in [2.45, 2.75) is 31.7 Å². The zero-order chi connectivity index (χ0) is 18.6. The summed E-state index contributed by atoms with van der Waals surface area (Å²) in [5.41, 5.74) is 0.370. The Hall–Kier alpha value is -2.83. The first-order chi connectivity index (χ1) is 13.2. The Labute approximate surface area is 159 Å². The number of likely N-dealkylation sites (tertiary alicyclic amines) is 1. The number of carbonyl (C=O) groups is 1. The van der Waals surface area contributed by atoms with Gasteiger partial charge in [0.1, 0.15) is 11.6 Å². The third-order valence-corrected chi connectivity index (χ3v) is 5.30. The molecule has 2 aliphatic rings. The van der Waals surface area contributed by atoms with Crippen LogP contribution in [0.1, 0.15) is 36.0 Å². The van der Waals surface area contributed by atoms with E-state index in [1.807, 2.05) is 11.0 Å². The molecular formula is C20H25N5O2. The van der Waals surface area contributed by atoms with Crippen LogP contribution in [0.4, 0.5) is 11.8 Å². The van der Waals surface area contributed by atoms with Gasteiger partial charge in [-0.2, -0.15) is 4.98 Å². The van der Waals surface area contributed by atoms with Crippen molar-refractivity contribution in [3.05, 3.63) is 42.1 Å². The van der Waals surface area contributed by atoms with E-state index < -0.39 is 0 Å². The number of aromatic hydroxyl groups is 1. The van der Waals surface area contributed by atoms with Gasteiger partial charge in [0.05, 0.1) is 5.56 Å². The quantitative estimate of drug-likeness (QED) is 0.864. The third-order valence-electron chi connectivity index (χ3n) is 5.30. The topological polar surface area (TPSA) is 81.6 Å². The smallest absolute Gasteiger partial charge is 0.257 e. The molecule has 2 aliphatic heterocycles. The SMILES string of the molecule is O=C(c1ccccc1O)N1CCC(Nc2ccnc(N3CCCC3)n2)CC1. The fraction of sp³-hybridized carbons (Fsp3) is 0.450. The molecular weight excluding hydrogens is 342 g/mol. The Balaban J connectivity index is 1.34. The first-order valence-electron chi connectivity index (χ1n) is 9.62. The number of para-hydroxylation sites is 1. The summed E-state index contributed by atoms with van der Waals surface area (Å²) in [6.45, 7) is 3.37. The highest BCUT2D eigenvalue weighted by Gasteiger charge is 2.25. The van der Waals surface area contributed by atoms with Crippen molar-refractivity contribution >= 4 is 17.7 Å². The van der Waals surface area contributed by atoms with Crippen molar-refractivity contribution < 1.29 is 9.90 Å². The van der Waals surface area contributed by atoms with Crippen molar-refractivity contribution in [1.29, 1.82) is 0 Å². The number of phenolic OH excluding ortho intramolecular Hbond substituents is 1. The van der Waals surface area contributed by atoms with Crippen molar-refractivity contribution in [3.8, 4) is 5.75 Å². The highest BCUT2D eigenvalue weighted by atomic mass is 16.3. The van der Waals surface area contributed by atoms with Gasteiger partial charge in [-0.15, -0.1) is 0 Å². The highest BCUT2D eigenvalue weighted by molar-refractivity contribution is 5.96. The fourth-order valence-electron chi connectivity index (χ4n) is 3.76. The van der Waals surface area contributed by atoms with Crippen LogP contribution < -0.4 is 10.2 Å². The van der Waals surface area contributed by atoms with E-state index in [1.165, 1.54) is 12.8 Å². The largest absolute Gasteiger partial charge is 0.507 e. The molecule has 7 nitrogen and oxygen atoms in total. The van der Waals surface area contributed by atoms with Gasteiger partial charge in [0.2, 0.25) is 5.95 Å². The number of piperidine rings is 1. The molecule has 4 rings (SSSR count). The Bertz CT molecular complexity index is 798. The van der Waals surface area contributed by atoms with Gasteiger partial charge in [0.25, 0.3) is 5.91 Å². The van der Waals surface area contributed by atoms with Gasteiger partial charge in [0.15, 0.2) is 0 Å². The number of amides is 1. The summed E-state index contributed by atoms with van der Waals surface area (Å²) in [6, 6.07) is 8.89. The van der Waals surface area contributed by atoms with E-state index in [2.05, 4.69) is 20.2 Å². The zero-order valence-corrected chi connectivity index (χ0v) is 15.3. The molecule has 0 bridgehead atoms. The minimum atomic E-state index is -0.107. The van der Waals surface area contributed by atoms with Crippen LogP contribution in [0.2, 0.25) is 0 Å². The first kappa shape index (κ1) is 17.6. The number of aromatic nitrogens is 2. The number of rotatable bonds is 4. The molecule has 3 heterocycles.